The minimum absolute atomic E-state index is 0.0736. The molecule has 2 fully saturated rings. The molecule has 26 nitrogen and oxygen atoms in total. The van der Waals surface area contributed by atoms with Gasteiger partial charge in [-0.3, -0.25) is 38.2 Å². The third-order valence-electron chi connectivity index (χ3n) is 14.8. The monoisotopic (exact) mass is 1210 g/mol. The molecular formula is C60H76FN13O13. The van der Waals surface area contributed by atoms with E-state index in [2.05, 4.69) is 58.2 Å². The number of rotatable bonds is 33. The van der Waals surface area contributed by atoms with Crippen LogP contribution in [0.15, 0.2) is 67.0 Å². The number of primary amides is 1. The summed E-state index contributed by atoms with van der Waals surface area (Å²) in [6.07, 6.45) is 8.12. The third kappa shape index (κ3) is 18.7. The van der Waals surface area contributed by atoms with E-state index in [0.29, 0.717) is 124 Å². The molecule has 6 N–H and O–H groups in total. The Morgan fingerprint density at radius 3 is 2.02 bits per heavy atom. The molecule has 0 aliphatic carbocycles. The highest BCUT2D eigenvalue weighted by Crippen LogP contribution is 2.35. The second kappa shape index (κ2) is 32.9. The van der Waals surface area contributed by atoms with Crippen LogP contribution in [0, 0.1) is 12.7 Å². The largest absolute Gasteiger partial charge is 0.468 e. The maximum absolute atomic E-state index is 15.8. The number of likely N-dealkylation sites (tertiary alicyclic amines) is 1. The molecule has 0 atom stereocenters. The number of aryl methyl sites for hydroxylation is 1. The number of hydrogen-bond acceptors (Lipinski definition) is 19. The van der Waals surface area contributed by atoms with Crippen LogP contribution in [-0.4, -0.2) is 195 Å². The van der Waals surface area contributed by atoms with Crippen LogP contribution in [0.5, 0.6) is 0 Å². The average molecular weight is 1210 g/mol. The van der Waals surface area contributed by atoms with Crippen LogP contribution in [0.3, 0.4) is 0 Å². The summed E-state index contributed by atoms with van der Waals surface area (Å²) in [7, 11) is 1.19. The lowest BCUT2D eigenvalue weighted by Gasteiger charge is -2.32. The first-order chi connectivity index (χ1) is 42.3. The van der Waals surface area contributed by atoms with Gasteiger partial charge in [-0.05, 0) is 86.4 Å². The van der Waals surface area contributed by atoms with E-state index in [1.165, 1.54) is 42.1 Å². The summed E-state index contributed by atoms with van der Waals surface area (Å²) < 4.78 is 50.7. The number of benzene rings is 3. The van der Waals surface area contributed by atoms with Crippen molar-refractivity contribution < 1.29 is 66.4 Å². The summed E-state index contributed by atoms with van der Waals surface area (Å²) in [5, 5.41) is 20.5. The van der Waals surface area contributed by atoms with Crippen molar-refractivity contribution in [2.75, 3.05) is 129 Å². The van der Waals surface area contributed by atoms with Crippen LogP contribution in [0.1, 0.15) is 83.8 Å². The lowest BCUT2D eigenvalue weighted by Crippen LogP contribution is -2.40. The summed E-state index contributed by atoms with van der Waals surface area (Å²) in [5.41, 5.74) is 9.70. The fourth-order valence-electron chi connectivity index (χ4n) is 10.2. The van der Waals surface area contributed by atoms with E-state index in [1.54, 1.807) is 31.3 Å². The van der Waals surface area contributed by atoms with Gasteiger partial charge in [0.2, 0.25) is 29.5 Å². The Hall–Kier alpha value is -8.50. The van der Waals surface area contributed by atoms with Gasteiger partial charge in [0.15, 0.2) is 11.5 Å². The highest BCUT2D eigenvalue weighted by Gasteiger charge is 2.25. The molecule has 8 rings (SSSR count). The first-order valence-electron chi connectivity index (χ1n) is 29.3. The Bertz CT molecular complexity index is 3330. The van der Waals surface area contributed by atoms with Crippen LogP contribution in [0.2, 0.25) is 0 Å². The van der Waals surface area contributed by atoms with Gasteiger partial charge in [-0.1, -0.05) is 24.3 Å². The highest BCUT2D eigenvalue weighted by molar-refractivity contribution is 6.01. The SMILES string of the molecule is COC(=O)CNC(=O)CNC(=O)Cn1nc(C)c2c(-c3cc4c(cnn4C(=O)CCC(=O)NCCOCCOCCOCCOCCOCCC(=O)N4CCC(c5ccc(Nc6nc(N7CCCCC7)cnc6C(N)=O)cc5)CC4)cc3F)cccc21. The van der Waals surface area contributed by atoms with E-state index < -0.39 is 35.4 Å². The normalized spacial score (nSPS) is 13.6. The molecule has 6 aromatic rings. The van der Waals surface area contributed by atoms with Gasteiger partial charge in [-0.15, -0.1) is 0 Å². The van der Waals surface area contributed by atoms with Crippen molar-refractivity contribution in [3.05, 3.63) is 89.8 Å². The van der Waals surface area contributed by atoms with Gasteiger partial charge in [-0.2, -0.15) is 10.2 Å². The van der Waals surface area contributed by atoms with E-state index in [1.807, 2.05) is 17.0 Å². The molecule has 87 heavy (non-hydrogen) atoms. The van der Waals surface area contributed by atoms with Gasteiger partial charge >= 0.3 is 5.97 Å². The zero-order chi connectivity index (χ0) is 61.5. The predicted molar refractivity (Wildman–Crippen MR) is 318 cm³/mol. The number of amides is 5. The maximum Gasteiger partial charge on any atom is 0.325 e. The Morgan fingerprint density at radius 1 is 0.678 bits per heavy atom. The molecule has 2 saturated heterocycles. The molecule has 2 aliphatic heterocycles. The van der Waals surface area contributed by atoms with Crippen molar-refractivity contribution in [3.63, 3.8) is 0 Å². The molecule has 3 aromatic carbocycles. The predicted octanol–water partition coefficient (Wildman–Crippen LogP) is 3.94. The number of piperidine rings is 2. The van der Waals surface area contributed by atoms with Gasteiger partial charge in [0.1, 0.15) is 24.7 Å². The molecule has 0 radical (unpaired) electrons. The number of hydrogen-bond donors (Lipinski definition) is 5. The molecule has 0 saturated carbocycles. The number of nitrogens with two attached hydrogens (primary N) is 1. The van der Waals surface area contributed by atoms with Crippen LogP contribution in [-0.2, 0) is 58.9 Å². The molecular weight excluding hydrogens is 1130 g/mol. The minimum atomic E-state index is -0.642. The summed E-state index contributed by atoms with van der Waals surface area (Å²) in [6.45, 7) is 7.56. The van der Waals surface area contributed by atoms with E-state index in [9.17, 15) is 33.6 Å². The zero-order valence-electron chi connectivity index (χ0n) is 49.2. The molecule has 5 heterocycles. The van der Waals surface area contributed by atoms with Gasteiger partial charge < -0.3 is 65.2 Å². The standard InChI is InChI=1S/C60H76FN13O13/c1-40-57-45(7-6-8-48(57)73(70-40)39-53(77)64-37-52(76)65-38-56(80)82-2)46-34-49-43(33-47(46)61)35-67-74(49)55(79)14-13-51(75)63-18-24-84-26-28-86-30-32-87-31-29-85-27-25-83-23-17-54(78)72-21-15-42(16-22-72)41-9-11-44(12-10-41)68-60-58(59(62)81)66-36-50(69-60)71-19-4-3-5-20-71/h6-12,33-36,42H,3-5,13-32,37-39H2,1-2H3,(H2,62,81)(H,63,75)(H,64,77)(H,65,76)(H,68,69). The van der Waals surface area contributed by atoms with Gasteiger partial charge in [0.05, 0.1) is 115 Å². The number of methoxy groups -OCH3 is 1. The van der Waals surface area contributed by atoms with Crippen LogP contribution < -0.4 is 31.9 Å². The van der Waals surface area contributed by atoms with E-state index in [4.69, 9.17) is 34.4 Å². The van der Waals surface area contributed by atoms with Crippen molar-refractivity contribution in [1.29, 1.82) is 0 Å². The fourth-order valence-corrected chi connectivity index (χ4v) is 10.2. The number of carbonyl (C=O) groups excluding carboxylic acids is 7. The number of aromatic nitrogens is 6. The molecule has 0 unspecified atom stereocenters. The first kappa shape index (κ1) is 64.5. The van der Waals surface area contributed by atoms with E-state index in [-0.39, 0.29) is 68.7 Å². The van der Waals surface area contributed by atoms with E-state index >= 15 is 4.39 Å². The molecule has 27 heteroatoms. The van der Waals surface area contributed by atoms with Gasteiger partial charge in [0.25, 0.3) is 5.91 Å². The lowest BCUT2D eigenvalue weighted by molar-refractivity contribution is -0.141. The number of nitrogens with zero attached hydrogens (tertiary/aromatic N) is 8. The number of ether oxygens (including phenoxy) is 6. The number of carbonyl (C=O) groups is 7. The Morgan fingerprint density at radius 2 is 1.34 bits per heavy atom. The number of fused-ring (bicyclic) bond motifs is 2. The van der Waals surface area contributed by atoms with Gasteiger partial charge in [0, 0.05) is 67.6 Å². The zero-order valence-corrected chi connectivity index (χ0v) is 49.2. The maximum atomic E-state index is 15.8. The fraction of sp³-hybridized carbons (Fsp3) is 0.483. The molecule has 0 spiro atoms. The summed E-state index contributed by atoms with van der Waals surface area (Å²) >= 11 is 0. The summed E-state index contributed by atoms with van der Waals surface area (Å²) in [6, 6.07) is 16.0. The highest BCUT2D eigenvalue weighted by atomic mass is 19.1. The number of nitrogens with one attached hydrogen (secondary N) is 4. The number of halogens is 1. The molecule has 0 bridgehead atoms. The lowest BCUT2D eigenvalue weighted by atomic mass is 9.89. The number of anilines is 3. The summed E-state index contributed by atoms with van der Waals surface area (Å²) in [4.78, 5) is 100. The van der Waals surface area contributed by atoms with Crippen molar-refractivity contribution in [2.45, 2.75) is 70.8 Å². The third-order valence-corrected chi connectivity index (χ3v) is 14.8. The Labute approximate surface area is 502 Å². The second-order valence-corrected chi connectivity index (χ2v) is 20.8. The van der Waals surface area contributed by atoms with Crippen LogP contribution in [0.4, 0.5) is 21.7 Å². The minimum Gasteiger partial charge on any atom is -0.468 e. The smallest absolute Gasteiger partial charge is 0.325 e. The van der Waals surface area contributed by atoms with Crippen LogP contribution in [0.25, 0.3) is 32.9 Å². The molecule has 5 amide bonds. The van der Waals surface area contributed by atoms with E-state index in [0.717, 1.165) is 55.0 Å². The first-order valence-corrected chi connectivity index (χ1v) is 29.3. The second-order valence-electron chi connectivity index (χ2n) is 20.8. The van der Waals surface area contributed by atoms with Crippen molar-refractivity contribution in [2.24, 2.45) is 5.73 Å². The topological polar surface area (TPSA) is 317 Å². The van der Waals surface area contributed by atoms with Gasteiger partial charge in [-0.25, -0.2) is 19.0 Å². The van der Waals surface area contributed by atoms with Crippen molar-refractivity contribution in [3.8, 4) is 11.1 Å². The molecule has 2 aliphatic rings. The summed E-state index contributed by atoms with van der Waals surface area (Å²) in [5.74, 6) is -2.31. The molecule has 466 valence electrons. The quantitative estimate of drug-likeness (QED) is 0.0288. The van der Waals surface area contributed by atoms with Crippen molar-refractivity contribution >= 4 is 80.5 Å². The Balaban J connectivity index is 0.618. The molecule has 3 aromatic heterocycles. The van der Waals surface area contributed by atoms with Crippen LogP contribution >= 0.6 is 0 Å². The van der Waals surface area contributed by atoms with Crippen molar-refractivity contribution in [1.82, 2.24) is 50.4 Å². The Kier molecular flexibility index (Phi) is 24.4. The number of esters is 1. The average Bonchev–Trinajstić information content (AvgIpc) is 1.83.